The molecule has 3 amide bonds. The molecule has 2 aliphatic heterocycles. The van der Waals surface area contributed by atoms with E-state index in [2.05, 4.69) is 10.6 Å². The van der Waals surface area contributed by atoms with Crippen LogP contribution >= 0.6 is 0 Å². The molecular formula is C22H31N3O5. The van der Waals surface area contributed by atoms with Gasteiger partial charge in [-0.15, -0.1) is 0 Å². The number of nitrogens with zero attached hydrogens (tertiary/aromatic N) is 1. The summed E-state index contributed by atoms with van der Waals surface area (Å²) in [5, 5.41) is 5.44. The minimum Gasteiger partial charge on any atom is -0.444 e. The Balaban J connectivity index is 1.61. The molecule has 1 aromatic carbocycles. The van der Waals surface area contributed by atoms with Gasteiger partial charge in [0.05, 0.1) is 19.2 Å². The average molecular weight is 418 g/mol. The van der Waals surface area contributed by atoms with Gasteiger partial charge >= 0.3 is 6.09 Å². The smallest absolute Gasteiger partial charge is 0.411 e. The number of hydrogen-bond acceptors (Lipinski definition) is 5. The van der Waals surface area contributed by atoms with Gasteiger partial charge in [-0.2, -0.15) is 0 Å². The van der Waals surface area contributed by atoms with Crippen LogP contribution in [0.1, 0.15) is 44.7 Å². The minimum absolute atomic E-state index is 0.0437. The monoisotopic (exact) mass is 417 g/mol. The summed E-state index contributed by atoms with van der Waals surface area (Å²) in [7, 11) is 0. The third-order valence-electron chi connectivity index (χ3n) is 5.15. The Morgan fingerprint density at radius 1 is 1.17 bits per heavy atom. The maximum absolute atomic E-state index is 12.9. The third kappa shape index (κ3) is 5.95. The van der Waals surface area contributed by atoms with Crippen LogP contribution < -0.4 is 10.6 Å². The number of nitrogens with one attached hydrogen (secondary N) is 2. The van der Waals surface area contributed by atoms with Crippen LogP contribution in [0.25, 0.3) is 0 Å². The van der Waals surface area contributed by atoms with Crippen LogP contribution in [0, 0.1) is 0 Å². The lowest BCUT2D eigenvalue weighted by Crippen LogP contribution is -2.54. The summed E-state index contributed by atoms with van der Waals surface area (Å²) >= 11 is 0. The Bertz CT molecular complexity index is 783. The van der Waals surface area contributed by atoms with E-state index in [9.17, 15) is 14.4 Å². The predicted octanol–water partition coefficient (Wildman–Crippen LogP) is 1.76. The van der Waals surface area contributed by atoms with Crippen molar-refractivity contribution in [3.8, 4) is 0 Å². The number of carbonyl (C=O) groups excluding carboxylic acids is 3. The quantitative estimate of drug-likeness (QED) is 0.761. The molecule has 2 aliphatic rings. The highest BCUT2D eigenvalue weighted by atomic mass is 16.6. The second-order valence-corrected chi connectivity index (χ2v) is 8.75. The number of carbonyl (C=O) groups is 3. The number of ether oxygens (including phenoxy) is 2. The molecule has 0 unspecified atom stereocenters. The van der Waals surface area contributed by atoms with Crippen LogP contribution in [0.15, 0.2) is 24.3 Å². The Morgan fingerprint density at radius 3 is 2.57 bits per heavy atom. The summed E-state index contributed by atoms with van der Waals surface area (Å²) in [5.41, 5.74) is 1.33. The number of fused-ring (bicyclic) bond motifs is 1. The molecule has 2 heterocycles. The molecule has 0 saturated carbocycles. The molecule has 0 bridgehead atoms. The zero-order valence-corrected chi connectivity index (χ0v) is 17.9. The molecule has 0 aliphatic carbocycles. The second kappa shape index (κ2) is 9.47. The fraction of sp³-hybridized carbons (Fsp3) is 0.591. The lowest BCUT2D eigenvalue weighted by Gasteiger charge is -2.36. The van der Waals surface area contributed by atoms with Gasteiger partial charge in [-0.05, 0) is 44.7 Å². The SMILES string of the molecule is CC(C)(C)OC(=O)N1Cc2ccccc2C[C@H]1C(=O)NCC(=O)NC[C@H]1CCCO1. The molecule has 8 heteroatoms. The standard InChI is InChI=1S/C22H31N3O5/c1-22(2,3)30-21(28)25-14-16-8-5-4-7-15(16)11-18(25)20(27)24-13-19(26)23-12-17-9-6-10-29-17/h4-5,7-8,17-18H,6,9-14H2,1-3H3,(H,23,26)(H,24,27)/t17-,18+/m1/s1. The largest absolute Gasteiger partial charge is 0.444 e. The molecule has 0 spiro atoms. The molecule has 0 aromatic heterocycles. The van der Waals surface area contributed by atoms with E-state index in [0.717, 1.165) is 30.6 Å². The fourth-order valence-electron chi connectivity index (χ4n) is 3.65. The highest BCUT2D eigenvalue weighted by Crippen LogP contribution is 2.25. The van der Waals surface area contributed by atoms with E-state index in [1.54, 1.807) is 20.8 Å². The summed E-state index contributed by atoms with van der Waals surface area (Å²) in [6.07, 6.45) is 1.81. The van der Waals surface area contributed by atoms with E-state index in [4.69, 9.17) is 9.47 Å². The summed E-state index contributed by atoms with van der Waals surface area (Å²) < 4.78 is 11.0. The van der Waals surface area contributed by atoms with Crippen molar-refractivity contribution >= 4 is 17.9 Å². The van der Waals surface area contributed by atoms with Gasteiger partial charge < -0.3 is 20.1 Å². The maximum Gasteiger partial charge on any atom is 0.411 e. The lowest BCUT2D eigenvalue weighted by atomic mass is 9.94. The first kappa shape index (κ1) is 22.1. The van der Waals surface area contributed by atoms with Crippen molar-refractivity contribution in [2.45, 2.75) is 64.3 Å². The zero-order valence-electron chi connectivity index (χ0n) is 17.9. The van der Waals surface area contributed by atoms with E-state index in [0.29, 0.717) is 13.0 Å². The third-order valence-corrected chi connectivity index (χ3v) is 5.15. The van der Waals surface area contributed by atoms with Gasteiger partial charge in [0.25, 0.3) is 0 Å². The molecule has 8 nitrogen and oxygen atoms in total. The van der Waals surface area contributed by atoms with E-state index in [1.807, 2.05) is 24.3 Å². The Kier molecular flexibility index (Phi) is 6.97. The number of hydrogen-bond donors (Lipinski definition) is 2. The van der Waals surface area contributed by atoms with Crippen LogP contribution in [0.4, 0.5) is 4.79 Å². The van der Waals surface area contributed by atoms with Gasteiger partial charge in [0.15, 0.2) is 0 Å². The predicted molar refractivity (Wildman–Crippen MR) is 111 cm³/mol. The zero-order chi connectivity index (χ0) is 21.7. The molecular weight excluding hydrogens is 386 g/mol. The van der Waals surface area contributed by atoms with E-state index in [-0.39, 0.29) is 31.0 Å². The van der Waals surface area contributed by atoms with Crippen LogP contribution in [-0.4, -0.2) is 60.3 Å². The molecule has 0 radical (unpaired) electrons. The Hall–Kier alpha value is -2.61. The summed E-state index contributed by atoms with van der Waals surface area (Å²) in [4.78, 5) is 39.2. The Morgan fingerprint density at radius 2 is 1.90 bits per heavy atom. The van der Waals surface area contributed by atoms with Crippen molar-refractivity contribution < 1.29 is 23.9 Å². The maximum atomic E-state index is 12.9. The number of rotatable bonds is 5. The van der Waals surface area contributed by atoms with Gasteiger partial charge in [0.1, 0.15) is 11.6 Å². The van der Waals surface area contributed by atoms with Gasteiger partial charge in [-0.1, -0.05) is 24.3 Å². The highest BCUT2D eigenvalue weighted by Gasteiger charge is 2.37. The first-order valence-corrected chi connectivity index (χ1v) is 10.5. The van der Waals surface area contributed by atoms with E-state index < -0.39 is 17.7 Å². The summed E-state index contributed by atoms with van der Waals surface area (Å²) in [6, 6.07) is 6.98. The molecule has 1 fully saturated rings. The van der Waals surface area contributed by atoms with Gasteiger partial charge in [-0.25, -0.2) is 4.79 Å². The van der Waals surface area contributed by atoms with Crippen LogP contribution in [0.3, 0.4) is 0 Å². The number of amides is 3. The number of benzene rings is 1. The minimum atomic E-state index is -0.735. The van der Waals surface area contributed by atoms with Crippen molar-refractivity contribution in [1.29, 1.82) is 0 Å². The second-order valence-electron chi connectivity index (χ2n) is 8.75. The first-order valence-electron chi connectivity index (χ1n) is 10.5. The van der Waals surface area contributed by atoms with Gasteiger partial charge in [0, 0.05) is 19.6 Å². The summed E-state index contributed by atoms with van der Waals surface area (Å²) in [5.74, 6) is -0.651. The van der Waals surface area contributed by atoms with Crippen LogP contribution in [-0.2, 0) is 32.0 Å². The average Bonchev–Trinajstić information content (AvgIpc) is 3.21. The fourth-order valence-corrected chi connectivity index (χ4v) is 3.65. The van der Waals surface area contributed by atoms with Crippen molar-refractivity contribution in [3.05, 3.63) is 35.4 Å². The van der Waals surface area contributed by atoms with Gasteiger partial charge in [0.2, 0.25) is 11.8 Å². The highest BCUT2D eigenvalue weighted by molar-refractivity contribution is 5.90. The molecule has 164 valence electrons. The molecule has 1 aromatic rings. The summed E-state index contributed by atoms with van der Waals surface area (Å²) in [6.45, 7) is 6.67. The molecule has 2 atom stereocenters. The van der Waals surface area contributed by atoms with Crippen molar-refractivity contribution in [1.82, 2.24) is 15.5 Å². The van der Waals surface area contributed by atoms with E-state index >= 15 is 0 Å². The van der Waals surface area contributed by atoms with Gasteiger partial charge in [-0.3, -0.25) is 14.5 Å². The lowest BCUT2D eigenvalue weighted by molar-refractivity contribution is -0.130. The van der Waals surface area contributed by atoms with E-state index in [1.165, 1.54) is 4.90 Å². The topological polar surface area (TPSA) is 97.0 Å². The van der Waals surface area contributed by atoms with Crippen molar-refractivity contribution in [2.24, 2.45) is 0 Å². The van der Waals surface area contributed by atoms with Crippen LogP contribution in [0.5, 0.6) is 0 Å². The molecule has 1 saturated heterocycles. The normalized spacial score (nSPS) is 21.0. The van der Waals surface area contributed by atoms with Crippen molar-refractivity contribution in [3.63, 3.8) is 0 Å². The molecule has 30 heavy (non-hydrogen) atoms. The van der Waals surface area contributed by atoms with Crippen molar-refractivity contribution in [2.75, 3.05) is 19.7 Å². The van der Waals surface area contributed by atoms with Crippen LogP contribution in [0.2, 0.25) is 0 Å². The molecule has 2 N–H and O–H groups in total. The Labute approximate surface area is 177 Å². The first-order chi connectivity index (χ1) is 14.2. The molecule has 3 rings (SSSR count).